The van der Waals surface area contributed by atoms with Crippen LogP contribution in [0.2, 0.25) is 0 Å². The van der Waals surface area contributed by atoms with Crippen molar-refractivity contribution in [3.8, 4) is 0 Å². The van der Waals surface area contributed by atoms with Crippen molar-refractivity contribution >= 4 is 5.78 Å². The Labute approximate surface area is 91.5 Å². The summed E-state index contributed by atoms with van der Waals surface area (Å²) in [7, 11) is 0. The molecule has 3 rings (SSSR count). The van der Waals surface area contributed by atoms with Crippen molar-refractivity contribution in [3.63, 3.8) is 0 Å². The minimum atomic E-state index is -0.118. The smallest absolute Gasteiger partial charge is 0.274 e. The SMILES string of the molecule is NCCc1cc(=O)n2[nH]c(C3CC3)nc2n1. The molecule has 84 valence electrons. The van der Waals surface area contributed by atoms with Gasteiger partial charge in [-0.1, -0.05) is 0 Å². The van der Waals surface area contributed by atoms with E-state index in [0.717, 1.165) is 18.7 Å². The minimum absolute atomic E-state index is 0.118. The van der Waals surface area contributed by atoms with Crippen LogP contribution in [0.1, 0.15) is 30.3 Å². The minimum Gasteiger partial charge on any atom is -0.330 e. The Bertz CT molecular complexity index is 580. The highest BCUT2D eigenvalue weighted by atomic mass is 16.1. The third-order valence-electron chi connectivity index (χ3n) is 2.77. The van der Waals surface area contributed by atoms with Crippen LogP contribution in [0.4, 0.5) is 0 Å². The summed E-state index contributed by atoms with van der Waals surface area (Å²) < 4.78 is 1.40. The van der Waals surface area contributed by atoms with E-state index in [1.165, 1.54) is 10.6 Å². The molecule has 1 aliphatic carbocycles. The second-order valence-electron chi connectivity index (χ2n) is 4.14. The highest BCUT2D eigenvalue weighted by molar-refractivity contribution is 5.29. The van der Waals surface area contributed by atoms with Crippen LogP contribution in [0.3, 0.4) is 0 Å². The predicted octanol–water partition coefficient (Wildman–Crippen LogP) is -0.204. The second-order valence-corrected chi connectivity index (χ2v) is 4.14. The number of hydrogen-bond acceptors (Lipinski definition) is 4. The number of nitrogens with two attached hydrogens (primary N) is 1. The average Bonchev–Trinajstić information content (AvgIpc) is 3.00. The molecule has 1 saturated carbocycles. The van der Waals surface area contributed by atoms with E-state index in [2.05, 4.69) is 15.1 Å². The molecule has 2 aromatic rings. The van der Waals surface area contributed by atoms with Gasteiger partial charge in [0.2, 0.25) is 0 Å². The number of H-pyrrole nitrogens is 1. The normalized spacial score (nSPS) is 15.8. The molecule has 0 radical (unpaired) electrons. The van der Waals surface area contributed by atoms with E-state index < -0.39 is 0 Å². The first-order valence-electron chi connectivity index (χ1n) is 5.46. The Balaban J connectivity index is 2.13. The van der Waals surface area contributed by atoms with Crippen molar-refractivity contribution in [3.05, 3.63) is 27.9 Å². The van der Waals surface area contributed by atoms with E-state index in [9.17, 15) is 4.79 Å². The Hall–Kier alpha value is -1.69. The molecule has 0 unspecified atom stereocenters. The van der Waals surface area contributed by atoms with Gasteiger partial charge in [0.25, 0.3) is 11.3 Å². The van der Waals surface area contributed by atoms with Crippen molar-refractivity contribution < 1.29 is 0 Å². The van der Waals surface area contributed by atoms with Gasteiger partial charge in [-0.15, -0.1) is 0 Å². The molecule has 0 aliphatic heterocycles. The molecular formula is C10H13N5O. The Morgan fingerprint density at radius 1 is 1.50 bits per heavy atom. The summed E-state index contributed by atoms with van der Waals surface area (Å²) in [5.74, 6) is 1.81. The molecule has 0 atom stereocenters. The maximum absolute atomic E-state index is 11.7. The summed E-state index contributed by atoms with van der Waals surface area (Å²) in [6, 6.07) is 1.51. The molecule has 0 saturated heterocycles. The van der Waals surface area contributed by atoms with Crippen molar-refractivity contribution in [1.82, 2.24) is 19.6 Å². The van der Waals surface area contributed by atoms with Gasteiger partial charge in [0.1, 0.15) is 5.82 Å². The van der Waals surface area contributed by atoms with Gasteiger partial charge in [0.15, 0.2) is 0 Å². The van der Waals surface area contributed by atoms with Crippen LogP contribution in [0.25, 0.3) is 5.78 Å². The van der Waals surface area contributed by atoms with Crippen LogP contribution in [-0.4, -0.2) is 26.1 Å². The number of fused-ring (bicyclic) bond motifs is 1. The number of nitrogens with one attached hydrogen (secondary N) is 1. The molecule has 6 nitrogen and oxygen atoms in total. The van der Waals surface area contributed by atoms with Crippen LogP contribution in [0, 0.1) is 0 Å². The van der Waals surface area contributed by atoms with E-state index >= 15 is 0 Å². The van der Waals surface area contributed by atoms with Crippen molar-refractivity contribution in [2.24, 2.45) is 5.73 Å². The zero-order valence-electron chi connectivity index (χ0n) is 8.81. The Morgan fingerprint density at radius 2 is 2.31 bits per heavy atom. The first kappa shape index (κ1) is 9.53. The fourth-order valence-corrected chi connectivity index (χ4v) is 1.76. The molecule has 16 heavy (non-hydrogen) atoms. The molecule has 1 fully saturated rings. The standard InChI is InChI=1S/C10H13N5O/c11-4-3-7-5-8(16)15-10(12-7)13-9(14-15)6-1-2-6/h5-6H,1-4,11H2,(H,12,13,14). The summed E-state index contributed by atoms with van der Waals surface area (Å²) >= 11 is 0. The molecular weight excluding hydrogens is 206 g/mol. The predicted molar refractivity (Wildman–Crippen MR) is 58.3 cm³/mol. The Kier molecular flexibility index (Phi) is 2.03. The fourth-order valence-electron chi connectivity index (χ4n) is 1.76. The Morgan fingerprint density at radius 3 is 3.00 bits per heavy atom. The van der Waals surface area contributed by atoms with Gasteiger partial charge in [-0.25, -0.2) is 4.98 Å². The summed E-state index contributed by atoms with van der Waals surface area (Å²) in [4.78, 5) is 20.4. The van der Waals surface area contributed by atoms with Crippen molar-refractivity contribution in [2.45, 2.75) is 25.2 Å². The summed E-state index contributed by atoms with van der Waals surface area (Å²) in [5.41, 5.74) is 6.03. The van der Waals surface area contributed by atoms with Gasteiger partial charge in [-0.05, 0) is 19.4 Å². The number of rotatable bonds is 3. The number of hydrogen-bond donors (Lipinski definition) is 2. The first-order valence-corrected chi connectivity index (χ1v) is 5.46. The molecule has 0 spiro atoms. The maximum Gasteiger partial charge on any atom is 0.274 e. The lowest BCUT2D eigenvalue weighted by molar-refractivity contribution is 0.830. The van der Waals surface area contributed by atoms with Crippen LogP contribution in [0.5, 0.6) is 0 Å². The van der Waals surface area contributed by atoms with Gasteiger partial charge in [0.05, 0.1) is 5.69 Å². The lowest BCUT2D eigenvalue weighted by atomic mass is 10.3. The van der Waals surface area contributed by atoms with E-state index in [4.69, 9.17) is 5.73 Å². The van der Waals surface area contributed by atoms with Crippen molar-refractivity contribution in [2.75, 3.05) is 6.54 Å². The molecule has 1 aliphatic rings. The summed E-state index contributed by atoms with van der Waals surface area (Å²) in [5, 5.41) is 2.99. The quantitative estimate of drug-likeness (QED) is 0.748. The lowest BCUT2D eigenvalue weighted by Gasteiger charge is -1.96. The van der Waals surface area contributed by atoms with E-state index in [-0.39, 0.29) is 5.56 Å². The number of aromatic nitrogens is 4. The van der Waals surface area contributed by atoms with Gasteiger partial charge in [0, 0.05) is 18.4 Å². The van der Waals surface area contributed by atoms with Crippen LogP contribution >= 0.6 is 0 Å². The topological polar surface area (TPSA) is 89.1 Å². The maximum atomic E-state index is 11.7. The van der Waals surface area contributed by atoms with Gasteiger partial charge >= 0.3 is 0 Å². The van der Waals surface area contributed by atoms with Crippen LogP contribution in [-0.2, 0) is 6.42 Å². The molecule has 0 aromatic carbocycles. The van der Waals surface area contributed by atoms with Crippen LogP contribution < -0.4 is 11.3 Å². The average molecular weight is 219 g/mol. The molecule has 2 aromatic heterocycles. The fraction of sp³-hybridized carbons (Fsp3) is 0.500. The van der Waals surface area contributed by atoms with Gasteiger partial charge in [-0.2, -0.15) is 9.50 Å². The summed E-state index contributed by atoms with van der Waals surface area (Å²) in [6.07, 6.45) is 2.89. The van der Waals surface area contributed by atoms with E-state index in [1.807, 2.05) is 0 Å². The van der Waals surface area contributed by atoms with E-state index in [0.29, 0.717) is 30.4 Å². The summed E-state index contributed by atoms with van der Waals surface area (Å²) in [6.45, 7) is 0.489. The largest absolute Gasteiger partial charge is 0.330 e. The molecule has 0 bridgehead atoms. The molecule has 3 N–H and O–H groups in total. The number of aromatic amines is 1. The highest BCUT2D eigenvalue weighted by Crippen LogP contribution is 2.37. The number of nitrogens with zero attached hydrogens (tertiary/aromatic N) is 3. The van der Waals surface area contributed by atoms with Gasteiger partial charge in [-0.3, -0.25) is 9.89 Å². The van der Waals surface area contributed by atoms with E-state index in [1.54, 1.807) is 0 Å². The zero-order valence-corrected chi connectivity index (χ0v) is 8.81. The second kappa shape index (κ2) is 3.41. The highest BCUT2D eigenvalue weighted by Gasteiger charge is 2.27. The molecule has 0 amide bonds. The lowest BCUT2D eigenvalue weighted by Crippen LogP contribution is -2.17. The van der Waals surface area contributed by atoms with Crippen molar-refractivity contribution in [1.29, 1.82) is 0 Å². The first-order chi connectivity index (χ1) is 7.78. The van der Waals surface area contributed by atoms with Gasteiger partial charge < -0.3 is 5.73 Å². The third-order valence-corrected chi connectivity index (χ3v) is 2.77. The third kappa shape index (κ3) is 1.51. The molecule has 6 heteroatoms. The zero-order chi connectivity index (χ0) is 11.1. The van der Waals surface area contributed by atoms with Crippen LogP contribution in [0.15, 0.2) is 10.9 Å². The monoisotopic (exact) mass is 219 g/mol. The molecule has 2 heterocycles.